The number of benzene rings is 1. The summed E-state index contributed by atoms with van der Waals surface area (Å²) < 4.78 is 33.6. The third kappa shape index (κ3) is 3.87. The lowest BCUT2D eigenvalue weighted by Gasteiger charge is -2.32. The van der Waals surface area contributed by atoms with Gasteiger partial charge < -0.3 is 15.0 Å². The molecule has 140 valence electrons. The highest BCUT2D eigenvalue weighted by Gasteiger charge is 2.35. The van der Waals surface area contributed by atoms with E-state index in [-0.39, 0.29) is 35.8 Å². The van der Waals surface area contributed by atoms with Gasteiger partial charge in [-0.15, -0.1) is 4.40 Å². The van der Waals surface area contributed by atoms with E-state index in [9.17, 15) is 18.0 Å². The van der Waals surface area contributed by atoms with Gasteiger partial charge in [0.05, 0.1) is 12.5 Å². The number of carbonyl (C=O) groups is 2. The van der Waals surface area contributed by atoms with Crippen LogP contribution in [-0.2, 0) is 24.3 Å². The van der Waals surface area contributed by atoms with Crippen molar-refractivity contribution < 1.29 is 22.7 Å². The summed E-state index contributed by atoms with van der Waals surface area (Å²) in [7, 11) is -3.68. The van der Waals surface area contributed by atoms with E-state index in [2.05, 4.69) is 9.71 Å². The van der Waals surface area contributed by atoms with Crippen LogP contribution in [0.4, 0.5) is 0 Å². The minimum Gasteiger partial charge on any atom is -0.464 e. The predicted molar refractivity (Wildman–Crippen MR) is 94.1 cm³/mol. The molecule has 9 heteroatoms. The molecule has 0 aromatic heterocycles. The fraction of sp³-hybridized carbons (Fsp3) is 0.471. The number of nitrogens with one attached hydrogen (secondary N) is 1. The van der Waals surface area contributed by atoms with E-state index in [4.69, 9.17) is 4.74 Å². The minimum atomic E-state index is -3.68. The molecule has 3 rings (SSSR count). The first kappa shape index (κ1) is 18.4. The molecule has 0 saturated carbocycles. The number of rotatable bonds is 4. The van der Waals surface area contributed by atoms with Crippen LogP contribution in [-0.4, -0.2) is 57.3 Å². The summed E-state index contributed by atoms with van der Waals surface area (Å²) in [4.78, 5) is 25.1. The molecule has 0 unspecified atom stereocenters. The number of sulfonamides is 1. The van der Waals surface area contributed by atoms with Crippen LogP contribution in [0.3, 0.4) is 0 Å². The van der Waals surface area contributed by atoms with Crippen LogP contribution < -0.4 is 5.32 Å². The summed E-state index contributed by atoms with van der Waals surface area (Å²) in [5.41, 5.74) is 0.576. The van der Waals surface area contributed by atoms with Gasteiger partial charge in [0.1, 0.15) is 11.5 Å². The van der Waals surface area contributed by atoms with Crippen molar-refractivity contribution in [2.75, 3.05) is 26.2 Å². The maximum atomic E-state index is 12.3. The van der Waals surface area contributed by atoms with Gasteiger partial charge in [-0.25, -0.2) is 0 Å². The Bertz CT molecular complexity index is 850. The molecule has 0 radical (unpaired) electrons. The zero-order valence-electron chi connectivity index (χ0n) is 14.5. The van der Waals surface area contributed by atoms with Gasteiger partial charge in [-0.2, -0.15) is 8.42 Å². The molecule has 0 bridgehead atoms. The highest BCUT2D eigenvalue weighted by atomic mass is 32.2. The molecule has 1 aromatic rings. The number of hydrogen-bond acceptors (Lipinski definition) is 6. The second kappa shape index (κ2) is 7.45. The topological polar surface area (TPSA) is 105 Å². The summed E-state index contributed by atoms with van der Waals surface area (Å²) in [6.07, 6.45) is 1.42. The largest absolute Gasteiger partial charge is 0.464 e. The second-order valence-corrected chi connectivity index (χ2v) is 7.89. The number of fused-ring (bicyclic) bond motifs is 1. The molecule has 1 amide bonds. The number of amidine groups is 1. The molecular weight excluding hydrogens is 358 g/mol. The van der Waals surface area contributed by atoms with Crippen LogP contribution >= 0.6 is 0 Å². The zero-order valence-corrected chi connectivity index (χ0v) is 15.3. The lowest BCUT2D eigenvalue weighted by atomic mass is 9.97. The number of amides is 1. The number of ether oxygens (including phenoxy) is 1. The average Bonchev–Trinajstić information content (AvgIpc) is 2.90. The Morgan fingerprint density at radius 3 is 2.88 bits per heavy atom. The van der Waals surface area contributed by atoms with Crippen molar-refractivity contribution in [3.8, 4) is 0 Å². The predicted octanol–water partition coefficient (Wildman–Crippen LogP) is 0.527. The maximum Gasteiger partial charge on any atom is 0.310 e. The van der Waals surface area contributed by atoms with E-state index in [1.54, 1.807) is 24.3 Å². The number of piperidine rings is 1. The molecule has 1 fully saturated rings. The number of likely N-dealkylation sites (tertiary alicyclic amines) is 1. The fourth-order valence-electron chi connectivity index (χ4n) is 3.18. The monoisotopic (exact) mass is 379 g/mol. The van der Waals surface area contributed by atoms with Gasteiger partial charge in [0, 0.05) is 25.6 Å². The first-order valence-electron chi connectivity index (χ1n) is 8.49. The Labute approximate surface area is 152 Å². The number of carbonyl (C=O) groups excluding carboxylic acids is 2. The fourth-order valence-corrected chi connectivity index (χ4v) is 4.40. The molecule has 0 spiro atoms. The molecule has 0 aliphatic carbocycles. The Hall–Kier alpha value is -2.42. The lowest BCUT2D eigenvalue weighted by molar-refractivity contribution is -0.150. The molecule has 1 atom stereocenters. The maximum absolute atomic E-state index is 12.3. The highest BCUT2D eigenvalue weighted by Crippen LogP contribution is 2.29. The van der Waals surface area contributed by atoms with Gasteiger partial charge in [-0.1, -0.05) is 12.1 Å². The Balaban J connectivity index is 1.66. The average molecular weight is 379 g/mol. The quantitative estimate of drug-likeness (QED) is 0.604. The van der Waals surface area contributed by atoms with Crippen LogP contribution in [0.25, 0.3) is 0 Å². The molecule has 2 aliphatic rings. The Morgan fingerprint density at radius 2 is 2.12 bits per heavy atom. The first-order valence-corrected chi connectivity index (χ1v) is 9.93. The van der Waals surface area contributed by atoms with Crippen molar-refractivity contribution in [2.45, 2.75) is 24.7 Å². The molecule has 1 saturated heterocycles. The van der Waals surface area contributed by atoms with Crippen LogP contribution in [0.5, 0.6) is 0 Å². The summed E-state index contributed by atoms with van der Waals surface area (Å²) >= 11 is 0. The smallest absolute Gasteiger partial charge is 0.310 e. The van der Waals surface area contributed by atoms with Crippen molar-refractivity contribution in [1.29, 1.82) is 0 Å². The van der Waals surface area contributed by atoms with E-state index >= 15 is 0 Å². The van der Waals surface area contributed by atoms with E-state index < -0.39 is 10.0 Å². The third-order valence-corrected chi connectivity index (χ3v) is 5.71. The van der Waals surface area contributed by atoms with Crippen molar-refractivity contribution in [3.63, 3.8) is 0 Å². The van der Waals surface area contributed by atoms with E-state index in [1.807, 2.05) is 4.90 Å². The second-order valence-electron chi connectivity index (χ2n) is 6.32. The summed E-state index contributed by atoms with van der Waals surface area (Å²) in [5.74, 6) is -0.464. The van der Waals surface area contributed by atoms with Gasteiger partial charge in [0.2, 0.25) is 5.91 Å². The molecule has 2 aliphatic heterocycles. The van der Waals surface area contributed by atoms with Gasteiger partial charge in [-0.3, -0.25) is 9.59 Å². The summed E-state index contributed by atoms with van der Waals surface area (Å²) in [6, 6.07) is 6.71. The Morgan fingerprint density at radius 1 is 1.35 bits per heavy atom. The molecule has 1 aromatic carbocycles. The van der Waals surface area contributed by atoms with Crippen molar-refractivity contribution in [3.05, 3.63) is 29.8 Å². The van der Waals surface area contributed by atoms with Gasteiger partial charge in [-0.05, 0) is 25.0 Å². The van der Waals surface area contributed by atoms with Gasteiger partial charge in [0.15, 0.2) is 5.84 Å². The van der Waals surface area contributed by atoms with Crippen molar-refractivity contribution >= 4 is 27.7 Å². The molecule has 2 heterocycles. The number of nitrogens with zero attached hydrogens (tertiary/aromatic N) is 2. The van der Waals surface area contributed by atoms with Crippen LogP contribution in [0.1, 0.15) is 25.3 Å². The van der Waals surface area contributed by atoms with E-state index in [1.165, 1.54) is 6.92 Å². The molecule has 26 heavy (non-hydrogen) atoms. The zero-order chi connectivity index (χ0) is 18.7. The number of hydrogen-bond donors (Lipinski definition) is 1. The summed E-state index contributed by atoms with van der Waals surface area (Å²) in [6.45, 7) is 2.79. The van der Waals surface area contributed by atoms with E-state index in [0.29, 0.717) is 30.9 Å². The van der Waals surface area contributed by atoms with Crippen LogP contribution in [0, 0.1) is 5.92 Å². The minimum absolute atomic E-state index is 0.118. The molecule has 8 nitrogen and oxygen atoms in total. The van der Waals surface area contributed by atoms with Crippen molar-refractivity contribution in [1.82, 2.24) is 10.2 Å². The normalized spacial score (nSPS) is 20.9. The summed E-state index contributed by atoms with van der Waals surface area (Å²) in [5, 5.41) is 2.56. The van der Waals surface area contributed by atoms with Crippen molar-refractivity contribution in [2.24, 2.45) is 10.3 Å². The van der Waals surface area contributed by atoms with Crippen LogP contribution in [0.15, 0.2) is 33.6 Å². The van der Waals surface area contributed by atoms with Gasteiger partial charge in [0.25, 0.3) is 10.0 Å². The SMILES string of the molecule is CC(=O)NCCOC(=O)[C@H]1CCCN(C2=NS(=O)(=O)c3ccccc32)C1. The highest BCUT2D eigenvalue weighted by molar-refractivity contribution is 7.90. The third-order valence-electron chi connectivity index (χ3n) is 4.39. The Kier molecular flexibility index (Phi) is 5.26. The first-order chi connectivity index (χ1) is 12.4. The standard InChI is InChI=1S/C17H21N3O5S/c1-12(21)18-8-10-25-17(22)13-5-4-9-20(11-13)16-14-6-2-3-7-15(14)26(23,24)19-16/h2-3,6-7,13H,4-5,8-11H2,1H3,(H,18,21)/t13-/m0/s1. The van der Waals surface area contributed by atoms with Crippen LogP contribution in [0.2, 0.25) is 0 Å². The van der Waals surface area contributed by atoms with Gasteiger partial charge >= 0.3 is 5.97 Å². The molecular formula is C17H21N3O5S. The lowest BCUT2D eigenvalue weighted by Crippen LogP contribution is -2.43. The van der Waals surface area contributed by atoms with E-state index in [0.717, 1.165) is 6.42 Å². The molecule has 1 N–H and O–H groups in total. The number of esters is 1.